The molecule has 1 unspecified atom stereocenters. The first-order valence-corrected chi connectivity index (χ1v) is 5.73. The first-order valence-electron chi connectivity index (χ1n) is 5.73. The zero-order chi connectivity index (χ0) is 12.2. The van der Waals surface area contributed by atoms with Crippen molar-refractivity contribution in [1.82, 2.24) is 5.32 Å². The maximum Gasteiger partial charge on any atom is 0.522 e. The Morgan fingerprint density at radius 2 is 2.06 bits per heavy atom. The van der Waals surface area contributed by atoms with E-state index in [0.717, 1.165) is 19.3 Å². The fourth-order valence-corrected chi connectivity index (χ4v) is 2.30. The molecular formula is C11H20F3NO. The largest absolute Gasteiger partial charge is 0.522 e. The van der Waals surface area contributed by atoms with Crippen LogP contribution in [0.2, 0.25) is 0 Å². The lowest BCUT2D eigenvalue weighted by Crippen LogP contribution is -2.39. The molecule has 1 atom stereocenters. The van der Waals surface area contributed by atoms with E-state index in [1.807, 2.05) is 0 Å². The molecule has 1 fully saturated rings. The van der Waals surface area contributed by atoms with E-state index in [4.69, 9.17) is 0 Å². The summed E-state index contributed by atoms with van der Waals surface area (Å²) in [6.07, 6.45) is -0.0863. The van der Waals surface area contributed by atoms with E-state index in [9.17, 15) is 13.2 Å². The molecule has 0 heterocycles. The van der Waals surface area contributed by atoms with E-state index in [2.05, 4.69) is 23.9 Å². The monoisotopic (exact) mass is 239 g/mol. The minimum Gasteiger partial charge on any atom is -0.312 e. The highest BCUT2D eigenvalue weighted by molar-refractivity contribution is 4.83. The van der Waals surface area contributed by atoms with Gasteiger partial charge in [0.25, 0.3) is 0 Å². The quantitative estimate of drug-likeness (QED) is 0.761. The summed E-state index contributed by atoms with van der Waals surface area (Å²) in [5.74, 6) is 0. The van der Waals surface area contributed by atoms with Crippen LogP contribution >= 0.6 is 0 Å². The Morgan fingerprint density at radius 3 is 2.62 bits per heavy atom. The van der Waals surface area contributed by atoms with E-state index in [1.165, 1.54) is 6.42 Å². The highest BCUT2D eigenvalue weighted by Gasteiger charge is 2.30. The molecule has 1 saturated carbocycles. The summed E-state index contributed by atoms with van der Waals surface area (Å²) >= 11 is 0. The zero-order valence-electron chi connectivity index (χ0n) is 9.86. The van der Waals surface area contributed by atoms with Crippen molar-refractivity contribution in [1.29, 1.82) is 0 Å². The predicted octanol–water partition coefficient (Wildman–Crippen LogP) is 3.08. The van der Waals surface area contributed by atoms with Gasteiger partial charge in [-0.1, -0.05) is 20.3 Å². The first kappa shape index (κ1) is 13.8. The van der Waals surface area contributed by atoms with Gasteiger partial charge in [0, 0.05) is 12.6 Å². The molecule has 0 bridgehead atoms. The van der Waals surface area contributed by atoms with Gasteiger partial charge in [-0.05, 0) is 24.7 Å². The number of rotatable bonds is 4. The number of alkyl halides is 3. The Kier molecular flexibility index (Phi) is 4.62. The van der Waals surface area contributed by atoms with Gasteiger partial charge in [-0.15, -0.1) is 13.2 Å². The molecule has 0 aromatic rings. The summed E-state index contributed by atoms with van der Waals surface area (Å²) in [6, 6.07) is 0.334. The summed E-state index contributed by atoms with van der Waals surface area (Å²) in [6.45, 7) is 4.36. The van der Waals surface area contributed by atoms with E-state index in [1.54, 1.807) is 0 Å². The average Bonchev–Trinajstić information content (AvgIpc) is 2.09. The van der Waals surface area contributed by atoms with Crippen LogP contribution in [0.15, 0.2) is 0 Å². The van der Waals surface area contributed by atoms with E-state index >= 15 is 0 Å². The molecule has 2 nitrogen and oxygen atoms in total. The molecule has 96 valence electrons. The third kappa shape index (κ3) is 5.70. The molecule has 1 rings (SSSR count). The Morgan fingerprint density at radius 1 is 1.38 bits per heavy atom. The van der Waals surface area contributed by atoms with Crippen molar-refractivity contribution in [2.24, 2.45) is 5.41 Å². The molecule has 0 spiro atoms. The minimum absolute atomic E-state index is 0.264. The van der Waals surface area contributed by atoms with Crippen LogP contribution in [0, 0.1) is 5.41 Å². The van der Waals surface area contributed by atoms with Gasteiger partial charge in [0.05, 0.1) is 6.61 Å². The third-order valence-corrected chi connectivity index (χ3v) is 3.01. The molecule has 1 aliphatic rings. The van der Waals surface area contributed by atoms with E-state index in [0.29, 0.717) is 11.5 Å². The number of ether oxygens (including phenoxy) is 1. The second-order valence-electron chi connectivity index (χ2n) is 5.21. The predicted molar refractivity (Wildman–Crippen MR) is 56.0 cm³/mol. The normalized spacial score (nSPS) is 25.7. The lowest BCUT2D eigenvalue weighted by atomic mass is 9.75. The summed E-state index contributed by atoms with van der Waals surface area (Å²) in [7, 11) is 0. The van der Waals surface area contributed by atoms with Gasteiger partial charge in [0.2, 0.25) is 0 Å². The van der Waals surface area contributed by atoms with Crippen LogP contribution in [0.25, 0.3) is 0 Å². The topological polar surface area (TPSA) is 21.3 Å². The van der Waals surface area contributed by atoms with Crippen LogP contribution in [-0.4, -0.2) is 25.6 Å². The lowest BCUT2D eigenvalue weighted by Gasteiger charge is -2.35. The fraction of sp³-hybridized carbons (Fsp3) is 1.00. The number of hydrogen-bond acceptors (Lipinski definition) is 2. The summed E-state index contributed by atoms with van der Waals surface area (Å²) < 4.78 is 38.8. The van der Waals surface area contributed by atoms with Crippen molar-refractivity contribution in [2.75, 3.05) is 13.2 Å². The van der Waals surface area contributed by atoms with Crippen molar-refractivity contribution in [3.63, 3.8) is 0 Å². The van der Waals surface area contributed by atoms with E-state index in [-0.39, 0.29) is 13.2 Å². The Hall–Kier alpha value is -0.290. The van der Waals surface area contributed by atoms with Crippen LogP contribution in [0.5, 0.6) is 0 Å². The van der Waals surface area contributed by atoms with Crippen molar-refractivity contribution < 1.29 is 17.9 Å². The summed E-state index contributed by atoms with van der Waals surface area (Å²) in [5, 5.41) is 3.12. The standard InChI is InChI=1S/C11H20F3NO/c1-10(2)5-3-4-9(8-10)15-6-7-16-11(12,13)14/h9,15H,3-8H2,1-2H3. The Labute approximate surface area is 94.5 Å². The number of nitrogens with one attached hydrogen (secondary N) is 1. The maximum atomic E-state index is 11.7. The van der Waals surface area contributed by atoms with Crippen LogP contribution < -0.4 is 5.32 Å². The second-order valence-corrected chi connectivity index (χ2v) is 5.21. The highest BCUT2D eigenvalue weighted by atomic mass is 19.4. The first-order chi connectivity index (χ1) is 7.29. The molecule has 0 aliphatic heterocycles. The molecule has 5 heteroatoms. The van der Waals surface area contributed by atoms with Crippen molar-refractivity contribution in [3.05, 3.63) is 0 Å². The zero-order valence-corrected chi connectivity index (χ0v) is 9.86. The molecule has 0 radical (unpaired) electrons. The van der Waals surface area contributed by atoms with Crippen LogP contribution in [0.4, 0.5) is 13.2 Å². The van der Waals surface area contributed by atoms with Gasteiger partial charge in [0.15, 0.2) is 0 Å². The fourth-order valence-electron chi connectivity index (χ4n) is 2.30. The molecule has 16 heavy (non-hydrogen) atoms. The SMILES string of the molecule is CC1(C)CCCC(NCCOC(F)(F)F)C1. The lowest BCUT2D eigenvalue weighted by molar-refractivity contribution is -0.323. The van der Waals surface area contributed by atoms with Crippen LogP contribution in [0.3, 0.4) is 0 Å². The van der Waals surface area contributed by atoms with Crippen LogP contribution in [0.1, 0.15) is 39.5 Å². The van der Waals surface area contributed by atoms with E-state index < -0.39 is 6.36 Å². The smallest absolute Gasteiger partial charge is 0.312 e. The van der Waals surface area contributed by atoms with Gasteiger partial charge in [0.1, 0.15) is 0 Å². The highest BCUT2D eigenvalue weighted by Crippen LogP contribution is 2.34. The molecule has 0 aromatic carbocycles. The van der Waals surface area contributed by atoms with Gasteiger partial charge < -0.3 is 5.32 Å². The van der Waals surface area contributed by atoms with Gasteiger partial charge in [-0.2, -0.15) is 0 Å². The molecule has 1 N–H and O–H groups in total. The Balaban J connectivity index is 2.13. The third-order valence-electron chi connectivity index (χ3n) is 3.01. The number of halogens is 3. The van der Waals surface area contributed by atoms with Gasteiger partial charge in [-0.3, -0.25) is 4.74 Å². The summed E-state index contributed by atoms with van der Waals surface area (Å²) in [4.78, 5) is 0. The van der Waals surface area contributed by atoms with Crippen LogP contribution in [-0.2, 0) is 4.74 Å². The maximum absolute atomic E-state index is 11.7. The average molecular weight is 239 g/mol. The number of hydrogen-bond donors (Lipinski definition) is 1. The van der Waals surface area contributed by atoms with Crippen molar-refractivity contribution in [3.8, 4) is 0 Å². The second kappa shape index (κ2) is 5.36. The van der Waals surface area contributed by atoms with Crippen molar-refractivity contribution in [2.45, 2.75) is 51.9 Å². The molecule has 1 aliphatic carbocycles. The molecule has 0 amide bonds. The minimum atomic E-state index is -4.51. The molecule has 0 saturated heterocycles. The van der Waals surface area contributed by atoms with Crippen molar-refractivity contribution >= 4 is 0 Å². The van der Waals surface area contributed by atoms with Gasteiger partial charge in [-0.25, -0.2) is 0 Å². The molecule has 0 aromatic heterocycles. The van der Waals surface area contributed by atoms with Gasteiger partial charge >= 0.3 is 6.36 Å². The molecular weight excluding hydrogens is 219 g/mol. The summed E-state index contributed by atoms with van der Waals surface area (Å²) in [5.41, 5.74) is 0.306. The Bertz CT molecular complexity index is 216.